The van der Waals surface area contributed by atoms with Crippen molar-refractivity contribution in [1.29, 1.82) is 0 Å². The summed E-state index contributed by atoms with van der Waals surface area (Å²) in [5.41, 5.74) is 0.183. The van der Waals surface area contributed by atoms with Crippen molar-refractivity contribution >= 4 is 27.5 Å². The molecule has 11 heteroatoms. The molecule has 0 heterocycles. The average Bonchev–Trinajstić information content (AvgIpc) is 2.81. The summed E-state index contributed by atoms with van der Waals surface area (Å²) in [6.07, 6.45) is 1.26. The van der Waals surface area contributed by atoms with Gasteiger partial charge in [-0.05, 0) is 57.0 Å². The van der Waals surface area contributed by atoms with Crippen LogP contribution in [0.15, 0.2) is 42.5 Å². The quantitative estimate of drug-likeness (QED) is 0.472. The number of nitrogens with zero attached hydrogens (tertiary/aromatic N) is 2. The molecule has 0 fully saturated rings. The Morgan fingerprint density at radius 2 is 1.68 bits per heavy atom. The van der Waals surface area contributed by atoms with Crippen molar-refractivity contribution in [2.45, 2.75) is 52.2 Å². The molecule has 0 aliphatic rings. The Morgan fingerprint density at radius 1 is 1.05 bits per heavy atom. The van der Waals surface area contributed by atoms with Gasteiger partial charge >= 0.3 is 0 Å². The Labute approximate surface area is 218 Å². The summed E-state index contributed by atoms with van der Waals surface area (Å²) in [6, 6.07) is 9.23. The molecule has 37 heavy (non-hydrogen) atoms. The van der Waals surface area contributed by atoms with Crippen molar-refractivity contribution in [2.24, 2.45) is 0 Å². The summed E-state index contributed by atoms with van der Waals surface area (Å²) in [7, 11) is -1.10. The van der Waals surface area contributed by atoms with E-state index < -0.39 is 39.9 Å². The topological polar surface area (TPSA) is 105 Å². The third-order valence-electron chi connectivity index (χ3n) is 5.49. The monoisotopic (exact) mass is 537 g/mol. The number of anilines is 1. The summed E-state index contributed by atoms with van der Waals surface area (Å²) < 4.78 is 50.6. The molecule has 1 unspecified atom stereocenters. The minimum Gasteiger partial charge on any atom is -0.497 e. The van der Waals surface area contributed by atoms with Gasteiger partial charge in [0.15, 0.2) is 0 Å². The first-order chi connectivity index (χ1) is 17.2. The Kier molecular flexibility index (Phi) is 9.91. The summed E-state index contributed by atoms with van der Waals surface area (Å²) >= 11 is 0. The van der Waals surface area contributed by atoms with Gasteiger partial charge in [0.05, 0.1) is 26.2 Å². The highest BCUT2D eigenvalue weighted by Crippen LogP contribution is 2.33. The molecule has 2 amide bonds. The Bertz CT molecular complexity index is 1200. The molecule has 0 aromatic heterocycles. The number of nitrogens with one attached hydrogen (secondary N) is 1. The molecule has 0 aliphatic carbocycles. The standard InChI is InChI=1S/C26H36FN3O6S/c1-8-21(25(32)28-26(2,3)4)29(16-18-9-11-19(27)12-10-18)24(31)17-30(37(7,33)34)22-14-13-20(35-5)15-23(22)36-6/h9-15,21H,8,16-17H2,1-7H3,(H,28,32). The highest BCUT2D eigenvalue weighted by Gasteiger charge is 2.33. The van der Waals surface area contributed by atoms with Crippen LogP contribution in [0.25, 0.3) is 0 Å². The van der Waals surface area contributed by atoms with E-state index >= 15 is 0 Å². The van der Waals surface area contributed by atoms with Gasteiger partial charge in [-0.15, -0.1) is 0 Å². The first-order valence-electron chi connectivity index (χ1n) is 11.8. The zero-order valence-electron chi connectivity index (χ0n) is 22.4. The number of carbonyl (C=O) groups is 2. The lowest BCUT2D eigenvalue weighted by Gasteiger charge is -2.34. The van der Waals surface area contributed by atoms with E-state index in [0.29, 0.717) is 11.3 Å². The van der Waals surface area contributed by atoms with Gasteiger partial charge in [0.1, 0.15) is 29.9 Å². The molecule has 0 spiro atoms. The molecular weight excluding hydrogens is 501 g/mol. The van der Waals surface area contributed by atoms with Gasteiger partial charge in [-0.3, -0.25) is 13.9 Å². The fraction of sp³-hybridized carbons (Fsp3) is 0.462. The van der Waals surface area contributed by atoms with Gasteiger partial charge in [-0.1, -0.05) is 19.1 Å². The molecule has 1 N–H and O–H groups in total. The van der Waals surface area contributed by atoms with Gasteiger partial charge in [0.2, 0.25) is 21.8 Å². The number of hydrogen-bond donors (Lipinski definition) is 1. The van der Waals surface area contributed by atoms with E-state index in [-0.39, 0.29) is 30.3 Å². The number of hydrogen-bond acceptors (Lipinski definition) is 6. The largest absolute Gasteiger partial charge is 0.497 e. The number of rotatable bonds is 11. The van der Waals surface area contributed by atoms with Crippen molar-refractivity contribution in [3.05, 3.63) is 53.8 Å². The van der Waals surface area contributed by atoms with E-state index in [9.17, 15) is 22.4 Å². The molecule has 0 saturated heterocycles. The Hall–Kier alpha value is -3.34. The van der Waals surface area contributed by atoms with Crippen LogP contribution in [0.1, 0.15) is 39.7 Å². The van der Waals surface area contributed by atoms with Crippen LogP contribution in [0, 0.1) is 5.82 Å². The van der Waals surface area contributed by atoms with E-state index in [1.165, 1.54) is 55.5 Å². The zero-order valence-corrected chi connectivity index (χ0v) is 23.2. The maximum absolute atomic E-state index is 13.7. The zero-order chi connectivity index (χ0) is 28.0. The molecule has 2 rings (SSSR count). The second-order valence-corrected chi connectivity index (χ2v) is 11.5. The highest BCUT2D eigenvalue weighted by atomic mass is 32.2. The number of ether oxygens (including phenoxy) is 2. The number of sulfonamides is 1. The van der Waals surface area contributed by atoms with Crippen LogP contribution in [-0.2, 0) is 26.2 Å². The SMILES string of the molecule is CCC(C(=O)NC(C)(C)C)N(Cc1ccc(F)cc1)C(=O)CN(c1ccc(OC)cc1OC)S(C)(=O)=O. The van der Waals surface area contributed by atoms with Crippen molar-refractivity contribution < 1.29 is 31.9 Å². The number of amides is 2. The van der Waals surface area contributed by atoms with Gasteiger partial charge in [-0.25, -0.2) is 12.8 Å². The Balaban J connectivity index is 2.52. The molecule has 0 saturated carbocycles. The van der Waals surface area contributed by atoms with Crippen LogP contribution >= 0.6 is 0 Å². The lowest BCUT2D eigenvalue weighted by molar-refractivity contribution is -0.141. The van der Waals surface area contributed by atoms with E-state index in [0.717, 1.165) is 10.6 Å². The minimum atomic E-state index is -3.94. The predicted molar refractivity (Wildman–Crippen MR) is 141 cm³/mol. The first-order valence-corrected chi connectivity index (χ1v) is 13.6. The molecule has 0 bridgehead atoms. The Morgan fingerprint density at radius 3 is 2.16 bits per heavy atom. The maximum Gasteiger partial charge on any atom is 0.244 e. The van der Waals surface area contributed by atoms with Crippen LogP contribution in [0.2, 0.25) is 0 Å². The minimum absolute atomic E-state index is 0.0213. The average molecular weight is 538 g/mol. The highest BCUT2D eigenvalue weighted by molar-refractivity contribution is 7.92. The van der Waals surface area contributed by atoms with E-state index in [1.807, 2.05) is 20.8 Å². The van der Waals surface area contributed by atoms with Crippen LogP contribution in [0.5, 0.6) is 11.5 Å². The molecule has 1 atom stereocenters. The van der Waals surface area contributed by atoms with Crippen LogP contribution in [-0.4, -0.2) is 63.7 Å². The molecule has 2 aromatic carbocycles. The fourth-order valence-corrected chi connectivity index (χ4v) is 4.60. The molecule has 2 aromatic rings. The molecule has 0 aliphatic heterocycles. The van der Waals surface area contributed by atoms with Crippen LogP contribution in [0.3, 0.4) is 0 Å². The van der Waals surface area contributed by atoms with Crippen LogP contribution in [0.4, 0.5) is 10.1 Å². The second kappa shape index (κ2) is 12.3. The normalized spacial score (nSPS) is 12.4. The lowest BCUT2D eigenvalue weighted by Crippen LogP contribution is -2.55. The summed E-state index contributed by atoms with van der Waals surface area (Å²) in [4.78, 5) is 28.2. The number of benzene rings is 2. The van der Waals surface area contributed by atoms with Crippen molar-refractivity contribution in [1.82, 2.24) is 10.2 Å². The lowest BCUT2D eigenvalue weighted by atomic mass is 10.1. The van der Waals surface area contributed by atoms with Gasteiger partial charge < -0.3 is 19.7 Å². The van der Waals surface area contributed by atoms with Gasteiger partial charge in [-0.2, -0.15) is 0 Å². The molecule has 0 radical (unpaired) electrons. The maximum atomic E-state index is 13.7. The second-order valence-electron chi connectivity index (χ2n) is 9.62. The first kappa shape index (κ1) is 29.9. The molecule has 204 valence electrons. The fourth-order valence-electron chi connectivity index (χ4n) is 3.74. The van der Waals surface area contributed by atoms with Crippen molar-refractivity contribution in [2.75, 3.05) is 31.3 Å². The van der Waals surface area contributed by atoms with Gasteiger partial charge in [0.25, 0.3) is 0 Å². The third kappa shape index (κ3) is 8.34. The van der Waals surface area contributed by atoms with E-state index in [4.69, 9.17) is 9.47 Å². The molecular formula is C26H36FN3O6S. The van der Waals surface area contributed by atoms with Crippen molar-refractivity contribution in [3.63, 3.8) is 0 Å². The van der Waals surface area contributed by atoms with Gasteiger partial charge in [0, 0.05) is 18.2 Å². The summed E-state index contributed by atoms with van der Waals surface area (Å²) in [5, 5.41) is 2.89. The van der Waals surface area contributed by atoms with Crippen LogP contribution < -0.4 is 19.1 Å². The number of halogens is 1. The number of methoxy groups -OCH3 is 2. The summed E-state index contributed by atoms with van der Waals surface area (Å²) in [5.74, 6) is -0.778. The summed E-state index contributed by atoms with van der Waals surface area (Å²) in [6.45, 7) is 6.63. The smallest absolute Gasteiger partial charge is 0.244 e. The van der Waals surface area contributed by atoms with E-state index in [1.54, 1.807) is 13.0 Å². The molecule has 9 nitrogen and oxygen atoms in total. The van der Waals surface area contributed by atoms with Crippen molar-refractivity contribution in [3.8, 4) is 11.5 Å². The third-order valence-corrected chi connectivity index (χ3v) is 6.61. The number of carbonyl (C=O) groups excluding carboxylic acids is 2. The van der Waals surface area contributed by atoms with E-state index in [2.05, 4.69) is 5.32 Å². The predicted octanol–water partition coefficient (Wildman–Crippen LogP) is 3.33.